The van der Waals surface area contributed by atoms with E-state index in [-0.39, 0.29) is 5.75 Å². The molecule has 0 radical (unpaired) electrons. The lowest BCUT2D eigenvalue weighted by molar-refractivity contribution is 0.1000. The van der Waals surface area contributed by atoms with Crippen LogP contribution in [0.25, 0.3) is 0 Å². The molecule has 0 heterocycles. The van der Waals surface area contributed by atoms with Crippen molar-refractivity contribution in [1.29, 1.82) is 0 Å². The molecule has 0 aromatic heterocycles. The number of carbonyl (C=O) groups excluding carboxylic acids is 1. The van der Waals surface area contributed by atoms with E-state index in [1.165, 1.54) is 0 Å². The maximum atomic E-state index is 11.0. The summed E-state index contributed by atoms with van der Waals surface area (Å²) in [6.07, 6.45) is 0. The standard InChI is InChI=1S/C14H13NO3/c1-9-8-10(14(15)17)2-7-13(9)18-12-5-3-11(16)4-6-12/h2-8,16H,1H3,(H2,15,17). The number of phenolic OH excluding ortho intramolecular Hbond substituents is 1. The molecule has 4 heteroatoms. The Balaban J connectivity index is 2.24. The van der Waals surface area contributed by atoms with Crippen molar-refractivity contribution in [3.05, 3.63) is 53.6 Å². The molecule has 2 rings (SSSR count). The molecule has 2 aromatic carbocycles. The van der Waals surface area contributed by atoms with Crippen molar-refractivity contribution in [1.82, 2.24) is 0 Å². The number of primary amides is 1. The summed E-state index contributed by atoms with van der Waals surface area (Å²) >= 11 is 0. The van der Waals surface area contributed by atoms with Crippen molar-refractivity contribution in [2.75, 3.05) is 0 Å². The first-order valence-electron chi connectivity index (χ1n) is 5.43. The summed E-state index contributed by atoms with van der Waals surface area (Å²) in [4.78, 5) is 11.0. The van der Waals surface area contributed by atoms with Gasteiger partial charge >= 0.3 is 0 Å². The van der Waals surface area contributed by atoms with Gasteiger partial charge < -0.3 is 15.6 Å². The number of hydrogen-bond donors (Lipinski definition) is 2. The summed E-state index contributed by atoms with van der Waals surface area (Å²) in [5.41, 5.74) is 6.46. The molecular formula is C14H13NO3. The Morgan fingerprint density at radius 2 is 1.83 bits per heavy atom. The summed E-state index contributed by atoms with van der Waals surface area (Å²) in [6.45, 7) is 1.84. The van der Waals surface area contributed by atoms with Gasteiger partial charge in [0, 0.05) is 5.56 Å². The molecular weight excluding hydrogens is 230 g/mol. The van der Waals surface area contributed by atoms with E-state index >= 15 is 0 Å². The Labute approximate surface area is 105 Å². The van der Waals surface area contributed by atoms with Crippen LogP contribution in [0, 0.1) is 6.92 Å². The Hall–Kier alpha value is -2.49. The van der Waals surface area contributed by atoms with E-state index in [4.69, 9.17) is 15.6 Å². The molecule has 0 saturated heterocycles. The highest BCUT2D eigenvalue weighted by Crippen LogP contribution is 2.26. The van der Waals surface area contributed by atoms with Crippen molar-refractivity contribution >= 4 is 5.91 Å². The van der Waals surface area contributed by atoms with Crippen LogP contribution in [0.5, 0.6) is 17.2 Å². The number of amides is 1. The average molecular weight is 243 g/mol. The third kappa shape index (κ3) is 2.60. The third-order valence-corrected chi connectivity index (χ3v) is 2.52. The molecule has 0 fully saturated rings. The van der Waals surface area contributed by atoms with Gasteiger partial charge in [0.2, 0.25) is 5.91 Å². The number of ether oxygens (including phenoxy) is 1. The predicted molar refractivity (Wildman–Crippen MR) is 67.9 cm³/mol. The summed E-state index contributed by atoms with van der Waals surface area (Å²) in [5, 5.41) is 9.17. The Kier molecular flexibility index (Phi) is 3.19. The fourth-order valence-electron chi connectivity index (χ4n) is 1.56. The number of aromatic hydroxyl groups is 1. The van der Waals surface area contributed by atoms with Gasteiger partial charge in [-0.05, 0) is 55.0 Å². The average Bonchev–Trinajstić information content (AvgIpc) is 2.34. The second kappa shape index (κ2) is 4.79. The summed E-state index contributed by atoms with van der Waals surface area (Å²) < 4.78 is 5.64. The number of phenols is 1. The van der Waals surface area contributed by atoms with Crippen LogP contribution in [0.1, 0.15) is 15.9 Å². The zero-order valence-corrected chi connectivity index (χ0v) is 9.88. The molecule has 92 valence electrons. The van der Waals surface area contributed by atoms with Crippen LogP contribution < -0.4 is 10.5 Å². The Morgan fingerprint density at radius 1 is 1.17 bits per heavy atom. The topological polar surface area (TPSA) is 72.6 Å². The number of rotatable bonds is 3. The normalized spacial score (nSPS) is 10.1. The minimum absolute atomic E-state index is 0.183. The Morgan fingerprint density at radius 3 is 2.39 bits per heavy atom. The number of aryl methyl sites for hydroxylation is 1. The highest BCUT2D eigenvalue weighted by Gasteiger charge is 2.06. The summed E-state index contributed by atoms with van der Waals surface area (Å²) in [6, 6.07) is 11.4. The lowest BCUT2D eigenvalue weighted by Gasteiger charge is -2.09. The van der Waals surface area contributed by atoms with Crippen molar-refractivity contribution in [3.63, 3.8) is 0 Å². The van der Waals surface area contributed by atoms with Crippen LogP contribution in [0.15, 0.2) is 42.5 Å². The van der Waals surface area contributed by atoms with Crippen LogP contribution in [0.3, 0.4) is 0 Å². The largest absolute Gasteiger partial charge is 0.508 e. The molecule has 0 aliphatic heterocycles. The highest BCUT2D eigenvalue weighted by atomic mass is 16.5. The maximum absolute atomic E-state index is 11.0. The molecule has 0 atom stereocenters. The van der Waals surface area contributed by atoms with Gasteiger partial charge in [0.25, 0.3) is 0 Å². The first-order valence-corrected chi connectivity index (χ1v) is 5.43. The second-order valence-corrected chi connectivity index (χ2v) is 3.94. The molecule has 0 spiro atoms. The minimum Gasteiger partial charge on any atom is -0.508 e. The summed E-state index contributed by atoms with van der Waals surface area (Å²) in [7, 11) is 0. The van der Waals surface area contributed by atoms with E-state index in [0.717, 1.165) is 5.56 Å². The molecule has 0 aliphatic carbocycles. The van der Waals surface area contributed by atoms with Gasteiger partial charge in [-0.25, -0.2) is 0 Å². The monoisotopic (exact) mass is 243 g/mol. The van der Waals surface area contributed by atoms with Crippen molar-refractivity contribution < 1.29 is 14.6 Å². The van der Waals surface area contributed by atoms with Gasteiger partial charge in [-0.2, -0.15) is 0 Å². The van der Waals surface area contributed by atoms with Crippen molar-refractivity contribution in [3.8, 4) is 17.2 Å². The zero-order chi connectivity index (χ0) is 13.1. The minimum atomic E-state index is -0.464. The van der Waals surface area contributed by atoms with Crippen LogP contribution in [-0.2, 0) is 0 Å². The van der Waals surface area contributed by atoms with Crippen molar-refractivity contribution in [2.45, 2.75) is 6.92 Å². The number of hydrogen-bond acceptors (Lipinski definition) is 3. The molecule has 0 saturated carbocycles. The fourth-order valence-corrected chi connectivity index (χ4v) is 1.56. The van der Waals surface area contributed by atoms with Crippen molar-refractivity contribution in [2.24, 2.45) is 5.73 Å². The first-order chi connectivity index (χ1) is 8.56. The maximum Gasteiger partial charge on any atom is 0.248 e. The van der Waals surface area contributed by atoms with E-state index in [0.29, 0.717) is 17.1 Å². The number of nitrogens with two attached hydrogens (primary N) is 1. The fraction of sp³-hybridized carbons (Fsp3) is 0.0714. The van der Waals surface area contributed by atoms with E-state index < -0.39 is 5.91 Å². The van der Waals surface area contributed by atoms with Crippen LogP contribution >= 0.6 is 0 Å². The summed E-state index contributed by atoms with van der Waals surface area (Å²) in [5.74, 6) is 0.978. The molecule has 0 aliphatic rings. The second-order valence-electron chi connectivity index (χ2n) is 3.94. The molecule has 18 heavy (non-hydrogen) atoms. The lowest BCUT2D eigenvalue weighted by atomic mass is 10.1. The Bertz CT molecular complexity index is 576. The zero-order valence-electron chi connectivity index (χ0n) is 9.88. The number of benzene rings is 2. The number of carbonyl (C=O) groups is 1. The predicted octanol–water partition coefficient (Wildman–Crippen LogP) is 2.59. The van der Waals surface area contributed by atoms with E-state index in [1.54, 1.807) is 42.5 Å². The van der Waals surface area contributed by atoms with Crippen LogP contribution in [0.2, 0.25) is 0 Å². The molecule has 2 aromatic rings. The molecule has 3 N–H and O–H groups in total. The van der Waals surface area contributed by atoms with Gasteiger partial charge in [0.1, 0.15) is 17.2 Å². The van der Waals surface area contributed by atoms with E-state index in [9.17, 15) is 4.79 Å². The van der Waals surface area contributed by atoms with E-state index in [1.807, 2.05) is 6.92 Å². The van der Waals surface area contributed by atoms with Gasteiger partial charge in [0.05, 0.1) is 0 Å². The lowest BCUT2D eigenvalue weighted by Crippen LogP contribution is -2.10. The van der Waals surface area contributed by atoms with Gasteiger partial charge in [-0.1, -0.05) is 0 Å². The quantitative estimate of drug-likeness (QED) is 0.870. The smallest absolute Gasteiger partial charge is 0.248 e. The van der Waals surface area contributed by atoms with Gasteiger partial charge in [0.15, 0.2) is 0 Å². The van der Waals surface area contributed by atoms with E-state index in [2.05, 4.69) is 0 Å². The molecule has 0 unspecified atom stereocenters. The third-order valence-electron chi connectivity index (χ3n) is 2.52. The molecule has 4 nitrogen and oxygen atoms in total. The van der Waals surface area contributed by atoms with Gasteiger partial charge in [-0.3, -0.25) is 4.79 Å². The van der Waals surface area contributed by atoms with Gasteiger partial charge in [-0.15, -0.1) is 0 Å². The molecule has 1 amide bonds. The van der Waals surface area contributed by atoms with Crippen LogP contribution in [-0.4, -0.2) is 11.0 Å². The molecule has 0 bridgehead atoms. The highest BCUT2D eigenvalue weighted by molar-refractivity contribution is 5.93. The van der Waals surface area contributed by atoms with Crippen LogP contribution in [0.4, 0.5) is 0 Å². The SMILES string of the molecule is Cc1cc(C(N)=O)ccc1Oc1ccc(O)cc1. The first kappa shape index (κ1) is 12.0.